The third-order valence-corrected chi connectivity index (χ3v) is 5.58. The molecule has 25 heavy (non-hydrogen) atoms. The van der Waals surface area contributed by atoms with Crippen LogP contribution >= 0.6 is 27.3 Å². The number of hydrogen-bond acceptors (Lipinski definition) is 4. The maximum absolute atomic E-state index is 14.0. The van der Waals surface area contributed by atoms with Crippen molar-refractivity contribution in [3.05, 3.63) is 50.3 Å². The molecule has 134 valence electrons. The number of nitrogens with zero attached hydrogens (tertiary/aromatic N) is 1. The molecule has 0 unspecified atom stereocenters. The number of rotatable bonds is 5. The summed E-state index contributed by atoms with van der Waals surface area (Å²) in [5.41, 5.74) is -0.0634. The molecule has 1 aromatic heterocycles. The number of thiophene rings is 1. The largest absolute Gasteiger partial charge is 0.478 e. The lowest BCUT2D eigenvalue weighted by molar-refractivity contribution is 0.0697. The quantitative estimate of drug-likeness (QED) is 0.723. The van der Waals surface area contributed by atoms with Crippen LogP contribution in [0.15, 0.2) is 22.0 Å². The van der Waals surface area contributed by atoms with Gasteiger partial charge in [0.1, 0.15) is 16.6 Å². The van der Waals surface area contributed by atoms with Gasteiger partial charge in [-0.3, -0.25) is 4.90 Å². The Hall–Kier alpha value is -2.00. The smallest absolute Gasteiger partial charge is 0.415 e. The van der Waals surface area contributed by atoms with E-state index >= 15 is 0 Å². The highest BCUT2D eigenvalue weighted by Gasteiger charge is 2.29. The lowest BCUT2D eigenvalue weighted by atomic mass is 10.1. The predicted octanol–water partition coefficient (Wildman–Crippen LogP) is 4.96. The lowest BCUT2D eigenvalue weighted by Gasteiger charge is -2.22. The standard InChI is InChI=1S/C16H14BrF2NO4S/c1-3-24-16(23)20(7-9-10(18)5-4-6-11(9)19)14-12(15(21)22)8(2)13(17)25-14/h4-6H,3,7H2,1-2H3,(H,21,22). The normalized spacial score (nSPS) is 10.6. The zero-order valence-electron chi connectivity index (χ0n) is 13.3. The number of anilines is 1. The third-order valence-electron chi connectivity index (χ3n) is 3.40. The Morgan fingerprint density at radius 2 is 1.92 bits per heavy atom. The summed E-state index contributed by atoms with van der Waals surface area (Å²) in [7, 11) is 0. The molecule has 5 nitrogen and oxygen atoms in total. The monoisotopic (exact) mass is 433 g/mol. The van der Waals surface area contributed by atoms with E-state index in [2.05, 4.69) is 15.9 Å². The van der Waals surface area contributed by atoms with Crippen molar-refractivity contribution in [2.75, 3.05) is 11.5 Å². The summed E-state index contributed by atoms with van der Waals surface area (Å²) in [5.74, 6) is -2.92. The zero-order chi connectivity index (χ0) is 18.7. The molecule has 0 aliphatic rings. The number of benzene rings is 1. The molecular formula is C16H14BrF2NO4S. The molecule has 0 saturated heterocycles. The lowest BCUT2D eigenvalue weighted by Crippen LogP contribution is -2.32. The van der Waals surface area contributed by atoms with E-state index in [0.717, 1.165) is 28.4 Å². The van der Waals surface area contributed by atoms with Crippen LogP contribution in [0.4, 0.5) is 18.6 Å². The second-order valence-electron chi connectivity index (χ2n) is 4.97. The average Bonchev–Trinajstić information content (AvgIpc) is 2.82. The molecule has 2 rings (SSSR count). The Labute approximate surface area is 155 Å². The summed E-state index contributed by atoms with van der Waals surface area (Å²) in [6.45, 7) is 2.68. The summed E-state index contributed by atoms with van der Waals surface area (Å²) in [6, 6.07) is 3.34. The van der Waals surface area contributed by atoms with Gasteiger partial charge in [0.15, 0.2) is 0 Å². The van der Waals surface area contributed by atoms with Crippen molar-refractivity contribution in [2.24, 2.45) is 0 Å². The van der Waals surface area contributed by atoms with Crippen LogP contribution in [-0.2, 0) is 11.3 Å². The number of carbonyl (C=O) groups is 2. The Kier molecular flexibility index (Phi) is 6.12. The highest BCUT2D eigenvalue weighted by molar-refractivity contribution is 9.11. The minimum Gasteiger partial charge on any atom is -0.478 e. The molecule has 0 atom stereocenters. The zero-order valence-corrected chi connectivity index (χ0v) is 15.7. The fraction of sp³-hybridized carbons (Fsp3) is 0.250. The molecule has 0 fully saturated rings. The van der Waals surface area contributed by atoms with E-state index in [1.165, 1.54) is 6.07 Å². The first-order valence-electron chi connectivity index (χ1n) is 7.17. The molecule has 1 N–H and O–H groups in total. The van der Waals surface area contributed by atoms with E-state index < -0.39 is 30.2 Å². The van der Waals surface area contributed by atoms with Gasteiger partial charge in [-0.15, -0.1) is 11.3 Å². The maximum Gasteiger partial charge on any atom is 0.415 e. The number of carboxylic acids is 1. The molecule has 1 aromatic carbocycles. The van der Waals surface area contributed by atoms with Gasteiger partial charge >= 0.3 is 12.1 Å². The number of aromatic carboxylic acids is 1. The Bertz CT molecular complexity index is 804. The molecule has 2 aromatic rings. The first-order chi connectivity index (χ1) is 11.8. The minimum atomic E-state index is -1.25. The molecule has 0 aliphatic heterocycles. The summed E-state index contributed by atoms with van der Waals surface area (Å²) < 4.78 is 33.4. The Morgan fingerprint density at radius 3 is 2.44 bits per heavy atom. The number of halogens is 3. The van der Waals surface area contributed by atoms with E-state index in [4.69, 9.17) is 4.74 Å². The molecule has 0 radical (unpaired) electrons. The second kappa shape index (κ2) is 7.92. The van der Waals surface area contributed by atoms with Crippen LogP contribution in [0.3, 0.4) is 0 Å². The number of carbonyl (C=O) groups excluding carboxylic acids is 1. The van der Waals surface area contributed by atoms with Gasteiger partial charge < -0.3 is 9.84 Å². The number of carboxylic acid groups (broad SMARTS) is 1. The van der Waals surface area contributed by atoms with Crippen LogP contribution < -0.4 is 4.90 Å². The van der Waals surface area contributed by atoms with E-state index in [-0.39, 0.29) is 22.7 Å². The van der Waals surface area contributed by atoms with Crippen LogP contribution in [0.5, 0.6) is 0 Å². The van der Waals surface area contributed by atoms with Crippen molar-refractivity contribution < 1.29 is 28.2 Å². The first-order valence-corrected chi connectivity index (χ1v) is 8.78. The van der Waals surface area contributed by atoms with Gasteiger partial charge in [0.05, 0.1) is 22.5 Å². The van der Waals surface area contributed by atoms with Crippen LogP contribution in [0.25, 0.3) is 0 Å². The van der Waals surface area contributed by atoms with Gasteiger partial charge in [-0.2, -0.15) is 0 Å². The fourth-order valence-electron chi connectivity index (χ4n) is 2.18. The van der Waals surface area contributed by atoms with Crippen LogP contribution in [0.1, 0.15) is 28.4 Å². The number of hydrogen-bond donors (Lipinski definition) is 1. The third kappa shape index (κ3) is 3.98. The van der Waals surface area contributed by atoms with Gasteiger partial charge in [0.2, 0.25) is 0 Å². The summed E-state index contributed by atoms with van der Waals surface area (Å²) in [6.07, 6.45) is -0.888. The van der Waals surface area contributed by atoms with Crippen molar-refractivity contribution in [3.63, 3.8) is 0 Å². The van der Waals surface area contributed by atoms with Gasteiger partial charge in [-0.05, 0) is 47.5 Å². The van der Waals surface area contributed by atoms with Crippen LogP contribution in [-0.4, -0.2) is 23.8 Å². The van der Waals surface area contributed by atoms with Crippen molar-refractivity contribution in [3.8, 4) is 0 Å². The minimum absolute atomic E-state index is 0.0308. The fourth-order valence-corrected chi connectivity index (χ4v) is 3.85. The number of amides is 1. The van der Waals surface area contributed by atoms with Gasteiger partial charge in [-0.25, -0.2) is 18.4 Å². The highest BCUT2D eigenvalue weighted by Crippen LogP contribution is 2.40. The van der Waals surface area contributed by atoms with Gasteiger partial charge in [-0.1, -0.05) is 6.07 Å². The second-order valence-corrected chi connectivity index (χ2v) is 7.29. The number of ether oxygens (including phenoxy) is 1. The molecule has 1 amide bonds. The molecule has 9 heteroatoms. The molecule has 0 spiro atoms. The Morgan fingerprint density at radius 1 is 1.32 bits per heavy atom. The van der Waals surface area contributed by atoms with Crippen molar-refractivity contribution in [1.82, 2.24) is 0 Å². The topological polar surface area (TPSA) is 66.8 Å². The van der Waals surface area contributed by atoms with Crippen molar-refractivity contribution in [2.45, 2.75) is 20.4 Å². The van der Waals surface area contributed by atoms with Crippen molar-refractivity contribution in [1.29, 1.82) is 0 Å². The van der Waals surface area contributed by atoms with Gasteiger partial charge in [0, 0.05) is 5.56 Å². The summed E-state index contributed by atoms with van der Waals surface area (Å²) >= 11 is 4.21. The summed E-state index contributed by atoms with van der Waals surface area (Å²) in [4.78, 5) is 24.8. The molecule has 0 saturated carbocycles. The SMILES string of the molecule is CCOC(=O)N(Cc1c(F)cccc1F)c1sc(Br)c(C)c1C(=O)O. The molecule has 0 aliphatic carbocycles. The predicted molar refractivity (Wildman–Crippen MR) is 93.3 cm³/mol. The van der Waals surface area contributed by atoms with E-state index in [1.807, 2.05) is 0 Å². The maximum atomic E-state index is 14.0. The highest BCUT2D eigenvalue weighted by atomic mass is 79.9. The molecule has 0 bridgehead atoms. The first kappa shape index (κ1) is 19.3. The molecule has 1 heterocycles. The average molecular weight is 434 g/mol. The van der Waals surface area contributed by atoms with Crippen LogP contribution in [0, 0.1) is 18.6 Å². The van der Waals surface area contributed by atoms with E-state index in [0.29, 0.717) is 9.35 Å². The van der Waals surface area contributed by atoms with E-state index in [1.54, 1.807) is 13.8 Å². The van der Waals surface area contributed by atoms with Gasteiger partial charge in [0.25, 0.3) is 0 Å². The Balaban J connectivity index is 2.57. The van der Waals surface area contributed by atoms with Crippen molar-refractivity contribution >= 4 is 44.3 Å². The van der Waals surface area contributed by atoms with Crippen LogP contribution in [0.2, 0.25) is 0 Å². The van der Waals surface area contributed by atoms with E-state index in [9.17, 15) is 23.5 Å². The summed E-state index contributed by atoms with van der Waals surface area (Å²) in [5, 5.41) is 9.49. The molecular weight excluding hydrogens is 420 g/mol.